The molecular weight excluding hydrogens is 389 g/mol. The van der Waals surface area contributed by atoms with Gasteiger partial charge in [0.2, 0.25) is 10.0 Å². The molecule has 6 heteroatoms. The Bertz CT molecular complexity index is 1020. The summed E-state index contributed by atoms with van der Waals surface area (Å²) in [7, 11) is -3.89. The second-order valence-corrected chi connectivity index (χ2v) is 8.42. The van der Waals surface area contributed by atoms with Crippen molar-refractivity contribution in [1.29, 1.82) is 0 Å². The van der Waals surface area contributed by atoms with Crippen LogP contribution in [0.25, 0.3) is 0 Å². The minimum absolute atomic E-state index is 0.0406. The van der Waals surface area contributed by atoms with E-state index < -0.39 is 16.1 Å². The summed E-state index contributed by atoms with van der Waals surface area (Å²) in [5.74, 6) is 0. The van der Waals surface area contributed by atoms with Gasteiger partial charge in [-0.3, -0.25) is 0 Å². The predicted molar refractivity (Wildman–Crippen MR) is 106 cm³/mol. The van der Waals surface area contributed by atoms with E-state index >= 15 is 0 Å². The first-order chi connectivity index (χ1) is 12.4. The number of halogens is 2. The van der Waals surface area contributed by atoms with Crippen molar-refractivity contribution in [3.05, 3.63) is 99.5 Å². The molecule has 0 fully saturated rings. The van der Waals surface area contributed by atoms with E-state index in [1.807, 2.05) is 61.5 Å². The summed E-state index contributed by atoms with van der Waals surface area (Å²) in [6.45, 7) is 1.95. The first kappa shape index (κ1) is 18.9. The van der Waals surface area contributed by atoms with Crippen molar-refractivity contribution >= 4 is 33.2 Å². The molecule has 26 heavy (non-hydrogen) atoms. The van der Waals surface area contributed by atoms with Crippen LogP contribution in [0.5, 0.6) is 0 Å². The third kappa shape index (κ3) is 4.10. The fraction of sp³-hybridized carbons (Fsp3) is 0.100. The average molecular weight is 406 g/mol. The largest absolute Gasteiger partial charge is 0.242 e. The fourth-order valence-corrected chi connectivity index (χ4v) is 4.74. The van der Waals surface area contributed by atoms with E-state index in [-0.39, 0.29) is 9.92 Å². The number of hydrogen-bond donors (Lipinski definition) is 1. The summed E-state index contributed by atoms with van der Waals surface area (Å²) in [5, 5.41) is 0.431. The highest BCUT2D eigenvalue weighted by atomic mass is 35.5. The molecule has 0 aromatic heterocycles. The number of benzene rings is 3. The van der Waals surface area contributed by atoms with Crippen LogP contribution in [0.1, 0.15) is 22.7 Å². The smallest absolute Gasteiger partial charge is 0.207 e. The monoisotopic (exact) mass is 405 g/mol. The minimum atomic E-state index is -3.89. The lowest BCUT2D eigenvalue weighted by atomic mass is 9.96. The predicted octanol–water partition coefficient (Wildman–Crippen LogP) is 5.37. The fourth-order valence-electron chi connectivity index (χ4n) is 2.77. The molecular formula is C20H17Cl2NO2S. The first-order valence-corrected chi connectivity index (χ1v) is 10.2. The number of aryl methyl sites for hydroxylation is 1. The Hall–Kier alpha value is -1.85. The summed E-state index contributed by atoms with van der Waals surface area (Å²) in [4.78, 5) is -0.0406. The Labute approximate surface area is 163 Å². The standard InChI is InChI=1S/C20H17Cl2NO2S/c1-14-7-5-6-10-17(14)20(15-8-3-2-4-9-15)23-26(24,25)19-13-16(21)11-12-18(19)22/h2-13,20,23H,1H3/t20-/m0/s1. The maximum atomic E-state index is 13.0. The van der Waals surface area contributed by atoms with Crippen molar-refractivity contribution in [3.63, 3.8) is 0 Å². The molecule has 0 radical (unpaired) electrons. The SMILES string of the molecule is Cc1ccccc1[C@@H](NS(=O)(=O)c1cc(Cl)ccc1Cl)c1ccccc1. The number of rotatable bonds is 5. The number of hydrogen-bond acceptors (Lipinski definition) is 2. The molecule has 1 atom stereocenters. The maximum absolute atomic E-state index is 13.0. The zero-order chi connectivity index (χ0) is 18.7. The van der Waals surface area contributed by atoms with Crippen molar-refractivity contribution in [2.24, 2.45) is 0 Å². The van der Waals surface area contributed by atoms with E-state index in [0.29, 0.717) is 5.02 Å². The van der Waals surface area contributed by atoms with Gasteiger partial charge in [-0.25, -0.2) is 8.42 Å². The van der Waals surface area contributed by atoms with Crippen molar-refractivity contribution in [2.45, 2.75) is 17.9 Å². The van der Waals surface area contributed by atoms with Gasteiger partial charge in [-0.2, -0.15) is 4.72 Å². The van der Waals surface area contributed by atoms with E-state index in [4.69, 9.17) is 23.2 Å². The molecule has 3 rings (SSSR count). The minimum Gasteiger partial charge on any atom is -0.207 e. The van der Waals surface area contributed by atoms with E-state index in [1.54, 1.807) is 6.07 Å². The average Bonchev–Trinajstić information content (AvgIpc) is 2.63. The van der Waals surface area contributed by atoms with Crippen LogP contribution in [0.2, 0.25) is 10.0 Å². The number of sulfonamides is 1. The highest BCUT2D eigenvalue weighted by molar-refractivity contribution is 7.89. The van der Waals surface area contributed by atoms with Gasteiger partial charge in [-0.15, -0.1) is 0 Å². The summed E-state index contributed by atoms with van der Waals surface area (Å²) in [5.41, 5.74) is 2.70. The molecule has 0 amide bonds. The van der Waals surface area contributed by atoms with E-state index in [2.05, 4.69) is 4.72 Å². The molecule has 0 unspecified atom stereocenters. The highest BCUT2D eigenvalue weighted by Gasteiger charge is 2.25. The second kappa shape index (κ2) is 7.80. The molecule has 3 aromatic rings. The number of nitrogens with one attached hydrogen (secondary N) is 1. The molecule has 1 N–H and O–H groups in total. The van der Waals surface area contributed by atoms with Crippen LogP contribution < -0.4 is 4.72 Å². The van der Waals surface area contributed by atoms with Gasteiger partial charge in [-0.1, -0.05) is 77.8 Å². The van der Waals surface area contributed by atoms with Crippen LogP contribution in [0.3, 0.4) is 0 Å². The Morgan fingerprint density at radius 1 is 0.885 bits per heavy atom. The Morgan fingerprint density at radius 3 is 2.23 bits per heavy atom. The van der Waals surface area contributed by atoms with Crippen LogP contribution >= 0.6 is 23.2 Å². The van der Waals surface area contributed by atoms with E-state index in [0.717, 1.165) is 16.7 Å². The lowest BCUT2D eigenvalue weighted by Crippen LogP contribution is -2.30. The van der Waals surface area contributed by atoms with Crippen LogP contribution in [0.15, 0.2) is 77.7 Å². The zero-order valence-corrected chi connectivity index (χ0v) is 16.3. The summed E-state index contributed by atoms with van der Waals surface area (Å²) in [6, 6.07) is 20.9. The summed E-state index contributed by atoms with van der Waals surface area (Å²) in [6.07, 6.45) is 0. The lowest BCUT2D eigenvalue weighted by molar-refractivity contribution is 0.572. The Balaban J connectivity index is 2.09. The van der Waals surface area contributed by atoms with Gasteiger partial charge in [0, 0.05) is 5.02 Å². The third-order valence-electron chi connectivity index (χ3n) is 4.09. The van der Waals surface area contributed by atoms with Crippen LogP contribution in [0.4, 0.5) is 0 Å². The topological polar surface area (TPSA) is 46.2 Å². The lowest BCUT2D eigenvalue weighted by Gasteiger charge is -2.22. The van der Waals surface area contributed by atoms with Gasteiger partial charge in [0.05, 0.1) is 11.1 Å². The van der Waals surface area contributed by atoms with Crippen molar-refractivity contribution in [2.75, 3.05) is 0 Å². The van der Waals surface area contributed by atoms with Gasteiger partial charge < -0.3 is 0 Å². The molecule has 0 saturated heterocycles. The van der Waals surface area contributed by atoms with Crippen molar-refractivity contribution < 1.29 is 8.42 Å². The Kier molecular flexibility index (Phi) is 5.68. The molecule has 0 heterocycles. The van der Waals surface area contributed by atoms with Crippen molar-refractivity contribution in [1.82, 2.24) is 4.72 Å². The van der Waals surface area contributed by atoms with Gasteiger partial charge in [0.15, 0.2) is 0 Å². The van der Waals surface area contributed by atoms with Crippen LogP contribution in [0, 0.1) is 6.92 Å². The first-order valence-electron chi connectivity index (χ1n) is 7.96. The molecule has 0 aliphatic carbocycles. The molecule has 134 valence electrons. The highest BCUT2D eigenvalue weighted by Crippen LogP contribution is 2.30. The summed E-state index contributed by atoms with van der Waals surface area (Å²) >= 11 is 12.1. The van der Waals surface area contributed by atoms with Gasteiger partial charge >= 0.3 is 0 Å². The van der Waals surface area contributed by atoms with Crippen LogP contribution in [-0.2, 0) is 10.0 Å². The van der Waals surface area contributed by atoms with E-state index in [1.165, 1.54) is 12.1 Å². The normalized spacial score (nSPS) is 12.7. The summed E-state index contributed by atoms with van der Waals surface area (Å²) < 4.78 is 28.8. The second-order valence-electron chi connectivity index (χ2n) is 5.90. The zero-order valence-electron chi connectivity index (χ0n) is 14.0. The van der Waals surface area contributed by atoms with Gasteiger partial charge in [0.25, 0.3) is 0 Å². The van der Waals surface area contributed by atoms with Crippen molar-refractivity contribution in [3.8, 4) is 0 Å². The molecule has 0 aliphatic heterocycles. The van der Waals surface area contributed by atoms with Gasteiger partial charge in [0.1, 0.15) is 4.90 Å². The quantitative estimate of drug-likeness (QED) is 0.619. The van der Waals surface area contributed by atoms with E-state index in [9.17, 15) is 8.42 Å². The molecule has 0 bridgehead atoms. The Morgan fingerprint density at radius 2 is 1.54 bits per heavy atom. The maximum Gasteiger partial charge on any atom is 0.242 e. The molecule has 3 aromatic carbocycles. The molecule has 0 aliphatic rings. The molecule has 0 saturated carbocycles. The van der Waals surface area contributed by atoms with Gasteiger partial charge in [-0.05, 0) is 41.8 Å². The molecule has 3 nitrogen and oxygen atoms in total. The van der Waals surface area contributed by atoms with Crippen LogP contribution in [-0.4, -0.2) is 8.42 Å². The third-order valence-corrected chi connectivity index (χ3v) is 6.23. The molecule has 0 spiro atoms.